The molecule has 3 rings (SSSR count). The number of amides is 1. The van der Waals surface area contributed by atoms with Crippen molar-refractivity contribution in [2.75, 3.05) is 0 Å². The molecular formula is C19H12F3N3O5. The summed E-state index contributed by atoms with van der Waals surface area (Å²) in [5, 5.41) is 15.0. The number of benzene rings is 2. The molecule has 0 radical (unpaired) electrons. The molecule has 0 aliphatic carbocycles. The van der Waals surface area contributed by atoms with Crippen molar-refractivity contribution in [3.8, 4) is 11.5 Å². The van der Waals surface area contributed by atoms with Crippen LogP contribution in [0.2, 0.25) is 0 Å². The zero-order valence-corrected chi connectivity index (χ0v) is 14.9. The number of carbonyl (C=O) groups is 1. The van der Waals surface area contributed by atoms with E-state index in [1.54, 1.807) is 12.1 Å². The van der Waals surface area contributed by atoms with Gasteiger partial charge in [0.25, 0.3) is 0 Å². The molecule has 11 heteroatoms. The molecule has 0 fully saturated rings. The maximum Gasteiger partial charge on any atom is 0.416 e. The van der Waals surface area contributed by atoms with Gasteiger partial charge in [-0.25, -0.2) is 5.43 Å². The van der Waals surface area contributed by atoms with E-state index in [0.29, 0.717) is 17.7 Å². The van der Waals surface area contributed by atoms with Crippen molar-refractivity contribution in [1.29, 1.82) is 0 Å². The molecule has 8 nitrogen and oxygen atoms in total. The highest BCUT2D eigenvalue weighted by atomic mass is 19.4. The van der Waals surface area contributed by atoms with Crippen molar-refractivity contribution in [3.63, 3.8) is 0 Å². The van der Waals surface area contributed by atoms with E-state index in [2.05, 4.69) is 10.5 Å². The number of nitrogens with one attached hydrogen (secondary N) is 1. The monoisotopic (exact) mass is 419 g/mol. The average molecular weight is 419 g/mol. The topological polar surface area (TPSA) is 107 Å². The number of hydrogen-bond donors (Lipinski definition) is 1. The number of furan rings is 1. The van der Waals surface area contributed by atoms with Crippen molar-refractivity contribution in [2.24, 2.45) is 5.10 Å². The van der Waals surface area contributed by atoms with Crippen molar-refractivity contribution in [2.45, 2.75) is 6.18 Å². The molecule has 0 atom stereocenters. The maximum absolute atomic E-state index is 12.8. The molecule has 0 aliphatic heterocycles. The fourth-order valence-corrected chi connectivity index (χ4v) is 2.34. The molecule has 1 aromatic heterocycles. The van der Waals surface area contributed by atoms with Gasteiger partial charge in [0, 0.05) is 11.6 Å². The second-order valence-electron chi connectivity index (χ2n) is 5.75. The molecule has 2 aromatic carbocycles. The summed E-state index contributed by atoms with van der Waals surface area (Å²) in [7, 11) is 0. The summed E-state index contributed by atoms with van der Waals surface area (Å²) in [5.41, 5.74) is 0.524. The first-order chi connectivity index (χ1) is 14.3. The molecule has 0 spiro atoms. The first kappa shape index (κ1) is 20.6. The number of ether oxygens (including phenoxy) is 1. The molecular weight excluding hydrogens is 407 g/mol. The number of nitro groups is 1. The lowest BCUT2D eigenvalue weighted by atomic mass is 10.1. The summed E-state index contributed by atoms with van der Waals surface area (Å²) in [6.07, 6.45) is -2.20. The molecule has 154 valence electrons. The lowest BCUT2D eigenvalue weighted by Crippen LogP contribution is -2.16. The molecule has 0 saturated carbocycles. The Morgan fingerprint density at radius 1 is 1.13 bits per heavy atom. The number of nitrogens with zero attached hydrogens (tertiary/aromatic N) is 2. The molecule has 3 aromatic rings. The second kappa shape index (κ2) is 8.47. The van der Waals surface area contributed by atoms with Crippen molar-refractivity contribution in [1.82, 2.24) is 5.43 Å². The van der Waals surface area contributed by atoms with Crippen molar-refractivity contribution < 1.29 is 32.0 Å². The predicted molar refractivity (Wildman–Crippen MR) is 98.4 cm³/mol. The Balaban J connectivity index is 1.83. The number of hydrazone groups is 1. The van der Waals surface area contributed by atoms with Crippen LogP contribution in [0.15, 0.2) is 70.4 Å². The summed E-state index contributed by atoms with van der Waals surface area (Å²) in [4.78, 5) is 22.0. The number of para-hydroxylation sites is 1. The zero-order valence-electron chi connectivity index (χ0n) is 14.9. The summed E-state index contributed by atoms with van der Waals surface area (Å²) in [6, 6.07) is 11.1. The summed E-state index contributed by atoms with van der Waals surface area (Å²) in [6.45, 7) is 0. The Hall–Kier alpha value is -4.15. The Morgan fingerprint density at radius 2 is 1.90 bits per heavy atom. The van der Waals surface area contributed by atoms with Crippen LogP contribution >= 0.6 is 0 Å². The Labute approximate surface area is 166 Å². The molecule has 1 heterocycles. The van der Waals surface area contributed by atoms with Gasteiger partial charge in [0.2, 0.25) is 5.75 Å². The molecule has 30 heavy (non-hydrogen) atoms. The third-order valence-corrected chi connectivity index (χ3v) is 3.74. The van der Waals surface area contributed by atoms with Gasteiger partial charge in [-0.2, -0.15) is 18.3 Å². The predicted octanol–water partition coefficient (Wildman–Crippen LogP) is 4.76. The van der Waals surface area contributed by atoms with E-state index in [1.807, 2.05) is 0 Å². The van der Waals surface area contributed by atoms with Crippen LogP contribution in [0.25, 0.3) is 0 Å². The second-order valence-corrected chi connectivity index (χ2v) is 5.75. The zero-order chi connectivity index (χ0) is 21.7. The van der Waals surface area contributed by atoms with Crippen LogP contribution in [0.3, 0.4) is 0 Å². The van der Waals surface area contributed by atoms with Crippen LogP contribution in [0.1, 0.15) is 21.7 Å². The minimum Gasteiger partial charge on any atom is -0.459 e. The number of halogens is 3. The van der Waals surface area contributed by atoms with Crippen LogP contribution < -0.4 is 10.2 Å². The maximum atomic E-state index is 12.8. The molecule has 1 amide bonds. The van der Waals surface area contributed by atoms with E-state index >= 15 is 0 Å². The smallest absolute Gasteiger partial charge is 0.416 e. The van der Waals surface area contributed by atoms with E-state index < -0.39 is 28.3 Å². The van der Waals surface area contributed by atoms with E-state index in [9.17, 15) is 28.1 Å². The molecule has 0 unspecified atom stereocenters. The average Bonchev–Trinajstić information content (AvgIpc) is 3.23. The van der Waals surface area contributed by atoms with Crippen molar-refractivity contribution in [3.05, 3.63) is 87.9 Å². The van der Waals surface area contributed by atoms with Crippen LogP contribution in [0, 0.1) is 10.1 Å². The highest BCUT2D eigenvalue weighted by Gasteiger charge is 2.33. The standard InChI is InChI=1S/C19H12F3N3O5/c20-19(21,22)13-7-8-16(14(10-13)25(27)28)30-15-5-2-1-4-12(15)11-23-24-18(26)17-6-3-9-29-17/h1-11H,(H,24,26)/b23-11-. The number of carbonyl (C=O) groups excluding carboxylic acids is 1. The lowest BCUT2D eigenvalue weighted by molar-refractivity contribution is -0.385. The number of alkyl halides is 3. The van der Waals surface area contributed by atoms with Gasteiger partial charge in [0.05, 0.1) is 23.0 Å². The minimum atomic E-state index is -4.74. The quantitative estimate of drug-likeness (QED) is 0.352. The lowest BCUT2D eigenvalue weighted by Gasteiger charge is -2.11. The molecule has 1 N–H and O–H groups in total. The van der Waals surface area contributed by atoms with Crippen molar-refractivity contribution >= 4 is 17.8 Å². The Bertz CT molecular complexity index is 1100. The largest absolute Gasteiger partial charge is 0.459 e. The Kier molecular flexibility index (Phi) is 5.81. The fraction of sp³-hybridized carbons (Fsp3) is 0.0526. The Morgan fingerprint density at radius 3 is 2.57 bits per heavy atom. The summed E-state index contributed by atoms with van der Waals surface area (Å²) >= 11 is 0. The van der Waals surface area contributed by atoms with E-state index in [1.165, 1.54) is 36.7 Å². The van der Waals surface area contributed by atoms with Gasteiger partial charge in [-0.05, 0) is 36.4 Å². The third-order valence-electron chi connectivity index (χ3n) is 3.74. The van der Waals surface area contributed by atoms with Gasteiger partial charge in [-0.15, -0.1) is 0 Å². The third kappa shape index (κ3) is 4.82. The van der Waals surface area contributed by atoms with Gasteiger partial charge in [-0.3, -0.25) is 14.9 Å². The van der Waals surface area contributed by atoms with E-state index in [0.717, 1.165) is 6.07 Å². The number of rotatable bonds is 6. The molecule has 0 bridgehead atoms. The first-order valence-corrected chi connectivity index (χ1v) is 8.25. The van der Waals surface area contributed by atoms with Gasteiger partial charge < -0.3 is 9.15 Å². The fourth-order valence-electron chi connectivity index (χ4n) is 2.34. The SMILES string of the molecule is O=C(N/N=C\c1ccccc1Oc1ccc(C(F)(F)F)cc1[N+](=O)[O-])c1ccco1. The van der Waals surface area contributed by atoms with E-state index in [4.69, 9.17) is 9.15 Å². The number of hydrogen-bond acceptors (Lipinski definition) is 6. The normalized spacial score (nSPS) is 11.4. The molecule has 0 aliphatic rings. The van der Waals surface area contributed by atoms with Gasteiger partial charge >= 0.3 is 17.8 Å². The van der Waals surface area contributed by atoms with Gasteiger partial charge in [0.15, 0.2) is 5.76 Å². The molecule has 0 saturated heterocycles. The van der Waals surface area contributed by atoms with Crippen LogP contribution in [-0.4, -0.2) is 17.0 Å². The van der Waals surface area contributed by atoms with Crippen LogP contribution in [0.5, 0.6) is 11.5 Å². The van der Waals surface area contributed by atoms with Gasteiger partial charge in [-0.1, -0.05) is 12.1 Å². The minimum absolute atomic E-state index is 0.0389. The van der Waals surface area contributed by atoms with Gasteiger partial charge in [0.1, 0.15) is 5.75 Å². The highest BCUT2D eigenvalue weighted by Crippen LogP contribution is 2.38. The first-order valence-electron chi connectivity index (χ1n) is 8.25. The highest BCUT2D eigenvalue weighted by molar-refractivity contribution is 5.92. The van der Waals surface area contributed by atoms with Crippen LogP contribution in [0.4, 0.5) is 18.9 Å². The van der Waals surface area contributed by atoms with E-state index in [-0.39, 0.29) is 17.3 Å². The van der Waals surface area contributed by atoms with Crippen LogP contribution in [-0.2, 0) is 6.18 Å². The number of nitro benzene ring substituents is 1. The summed E-state index contributed by atoms with van der Waals surface area (Å²) in [5.74, 6) is -0.866. The summed E-state index contributed by atoms with van der Waals surface area (Å²) < 4.78 is 48.9.